The van der Waals surface area contributed by atoms with Crippen LogP contribution in [0, 0.1) is 10.1 Å². The van der Waals surface area contributed by atoms with Crippen LogP contribution in [0.4, 0.5) is 11.4 Å². The molecular formula is C16H17N3O4. The predicted octanol–water partition coefficient (Wildman–Crippen LogP) is 3.45. The number of benzene rings is 2. The number of ether oxygens (including phenoxy) is 2. The molecule has 2 rings (SSSR count). The van der Waals surface area contributed by atoms with Gasteiger partial charge in [0.25, 0.3) is 5.69 Å². The number of anilines is 1. The minimum absolute atomic E-state index is 0.00831. The highest BCUT2D eigenvalue weighted by Gasteiger charge is 2.07. The molecule has 2 aromatic rings. The summed E-state index contributed by atoms with van der Waals surface area (Å²) in [4.78, 5) is 10.3. The van der Waals surface area contributed by atoms with Crippen LogP contribution in [0.3, 0.4) is 0 Å². The van der Waals surface area contributed by atoms with Crippen molar-refractivity contribution < 1.29 is 14.4 Å². The van der Waals surface area contributed by atoms with Crippen LogP contribution < -0.4 is 14.9 Å². The quantitative estimate of drug-likeness (QED) is 0.501. The molecule has 0 bridgehead atoms. The van der Waals surface area contributed by atoms with E-state index in [4.69, 9.17) is 9.47 Å². The van der Waals surface area contributed by atoms with Crippen molar-refractivity contribution in [1.82, 2.24) is 0 Å². The van der Waals surface area contributed by atoms with E-state index in [1.54, 1.807) is 32.4 Å². The van der Waals surface area contributed by atoms with Crippen molar-refractivity contribution in [2.24, 2.45) is 5.10 Å². The molecule has 120 valence electrons. The number of nitrogens with one attached hydrogen (secondary N) is 1. The molecule has 7 nitrogen and oxygen atoms in total. The summed E-state index contributed by atoms with van der Waals surface area (Å²) < 4.78 is 10.4. The molecule has 0 atom stereocenters. The molecule has 1 N–H and O–H groups in total. The summed E-state index contributed by atoms with van der Waals surface area (Å²) in [6.45, 7) is 1.83. The fourth-order valence-electron chi connectivity index (χ4n) is 1.96. The summed E-state index contributed by atoms with van der Waals surface area (Å²) in [5.41, 5.74) is 4.92. The zero-order chi connectivity index (χ0) is 16.8. The summed E-state index contributed by atoms with van der Waals surface area (Å²) in [5.74, 6) is 1.24. The largest absolute Gasteiger partial charge is 0.493 e. The number of nitrogens with zero attached hydrogens (tertiary/aromatic N) is 2. The average Bonchev–Trinajstić information content (AvgIpc) is 2.59. The smallest absolute Gasteiger partial charge is 0.271 e. The van der Waals surface area contributed by atoms with E-state index in [0.717, 1.165) is 5.56 Å². The summed E-state index contributed by atoms with van der Waals surface area (Å²) in [7, 11) is 3.14. The van der Waals surface area contributed by atoms with Crippen LogP contribution in [0.25, 0.3) is 0 Å². The van der Waals surface area contributed by atoms with Crippen molar-refractivity contribution in [3.63, 3.8) is 0 Å². The van der Waals surface area contributed by atoms with Gasteiger partial charge in [0.1, 0.15) is 0 Å². The molecule has 0 aliphatic heterocycles. The van der Waals surface area contributed by atoms with Crippen LogP contribution in [0.2, 0.25) is 0 Å². The van der Waals surface area contributed by atoms with Crippen LogP contribution >= 0.6 is 0 Å². The number of non-ortho nitro benzene ring substituents is 1. The number of hydrogen-bond donors (Lipinski definition) is 1. The Labute approximate surface area is 133 Å². The summed E-state index contributed by atoms with van der Waals surface area (Å²) in [5, 5.41) is 15.0. The Hall–Kier alpha value is -3.09. The van der Waals surface area contributed by atoms with Crippen molar-refractivity contribution in [2.45, 2.75) is 6.92 Å². The number of methoxy groups -OCH3 is 2. The Morgan fingerprint density at radius 2 is 1.87 bits per heavy atom. The summed E-state index contributed by atoms with van der Waals surface area (Å²) >= 11 is 0. The van der Waals surface area contributed by atoms with Gasteiger partial charge in [0.05, 0.1) is 30.5 Å². The highest BCUT2D eigenvalue weighted by molar-refractivity contribution is 5.99. The highest BCUT2D eigenvalue weighted by atomic mass is 16.6. The summed E-state index contributed by atoms with van der Waals surface area (Å²) in [6, 6.07) is 11.6. The lowest BCUT2D eigenvalue weighted by molar-refractivity contribution is -0.384. The Kier molecular flexibility index (Phi) is 5.14. The first kappa shape index (κ1) is 16.3. The number of hydrogen-bond acceptors (Lipinski definition) is 6. The van der Waals surface area contributed by atoms with Gasteiger partial charge in [0.15, 0.2) is 11.5 Å². The number of nitro groups is 1. The molecule has 7 heteroatoms. The minimum Gasteiger partial charge on any atom is -0.493 e. The number of rotatable bonds is 6. The first-order valence-corrected chi connectivity index (χ1v) is 6.82. The van der Waals surface area contributed by atoms with Gasteiger partial charge in [-0.05, 0) is 31.2 Å². The lowest BCUT2D eigenvalue weighted by Crippen LogP contribution is -2.01. The second-order valence-electron chi connectivity index (χ2n) is 4.69. The van der Waals surface area contributed by atoms with E-state index in [1.807, 2.05) is 19.1 Å². The Morgan fingerprint density at radius 1 is 1.13 bits per heavy atom. The maximum Gasteiger partial charge on any atom is 0.271 e. The second-order valence-corrected chi connectivity index (χ2v) is 4.69. The summed E-state index contributed by atoms with van der Waals surface area (Å²) in [6.07, 6.45) is 0. The highest BCUT2D eigenvalue weighted by Crippen LogP contribution is 2.27. The predicted molar refractivity (Wildman–Crippen MR) is 88.5 cm³/mol. The Morgan fingerprint density at radius 3 is 2.52 bits per heavy atom. The van der Waals surface area contributed by atoms with E-state index < -0.39 is 4.92 Å². The fourth-order valence-corrected chi connectivity index (χ4v) is 1.96. The Bertz CT molecular complexity index is 744. The van der Waals surface area contributed by atoms with Gasteiger partial charge in [-0.1, -0.05) is 6.07 Å². The monoisotopic (exact) mass is 315 g/mol. The zero-order valence-corrected chi connectivity index (χ0v) is 13.1. The van der Waals surface area contributed by atoms with E-state index in [2.05, 4.69) is 10.5 Å². The van der Waals surface area contributed by atoms with Crippen molar-refractivity contribution in [3.8, 4) is 11.5 Å². The van der Waals surface area contributed by atoms with E-state index in [9.17, 15) is 10.1 Å². The van der Waals surface area contributed by atoms with E-state index in [0.29, 0.717) is 22.9 Å². The first-order chi connectivity index (χ1) is 11.0. The molecule has 23 heavy (non-hydrogen) atoms. The second kappa shape index (κ2) is 7.26. The molecule has 0 amide bonds. The third-order valence-corrected chi connectivity index (χ3v) is 3.21. The first-order valence-electron chi connectivity index (χ1n) is 6.82. The third-order valence-electron chi connectivity index (χ3n) is 3.21. The Balaban J connectivity index is 2.20. The van der Waals surface area contributed by atoms with Crippen molar-refractivity contribution in [1.29, 1.82) is 0 Å². The molecule has 0 saturated heterocycles. The number of nitro benzene ring substituents is 1. The molecule has 2 aromatic carbocycles. The molecule has 0 saturated carbocycles. The maximum atomic E-state index is 10.8. The van der Waals surface area contributed by atoms with Gasteiger partial charge < -0.3 is 9.47 Å². The van der Waals surface area contributed by atoms with Gasteiger partial charge in [-0.15, -0.1) is 0 Å². The molecule has 0 spiro atoms. The molecule has 0 fully saturated rings. The molecule has 0 unspecified atom stereocenters. The third kappa shape index (κ3) is 3.97. The average molecular weight is 315 g/mol. The molecule has 0 heterocycles. The normalized spacial score (nSPS) is 11.0. The van der Waals surface area contributed by atoms with E-state index in [-0.39, 0.29) is 5.69 Å². The lowest BCUT2D eigenvalue weighted by Gasteiger charge is -2.09. The standard InChI is InChI=1S/C16H17N3O4/c1-11(12-7-8-15(22-2)16(9-12)23-3)17-18-13-5-4-6-14(10-13)19(20)21/h4-10,18H,1-3H3/b17-11-. The van der Waals surface area contributed by atoms with Crippen LogP contribution in [0.5, 0.6) is 11.5 Å². The van der Waals surface area contributed by atoms with Crippen LogP contribution in [0.1, 0.15) is 12.5 Å². The topological polar surface area (TPSA) is 86.0 Å². The maximum absolute atomic E-state index is 10.8. The van der Waals surface area contributed by atoms with Gasteiger partial charge in [-0.2, -0.15) is 5.10 Å². The lowest BCUT2D eigenvalue weighted by atomic mass is 10.1. The van der Waals surface area contributed by atoms with E-state index >= 15 is 0 Å². The van der Waals surface area contributed by atoms with Crippen molar-refractivity contribution in [3.05, 3.63) is 58.1 Å². The van der Waals surface area contributed by atoms with Crippen molar-refractivity contribution >= 4 is 17.1 Å². The molecule has 0 radical (unpaired) electrons. The van der Waals surface area contributed by atoms with Gasteiger partial charge in [0.2, 0.25) is 0 Å². The molecular weight excluding hydrogens is 298 g/mol. The molecule has 0 aliphatic rings. The van der Waals surface area contributed by atoms with Gasteiger partial charge in [0, 0.05) is 17.7 Å². The zero-order valence-electron chi connectivity index (χ0n) is 13.1. The van der Waals surface area contributed by atoms with Gasteiger partial charge >= 0.3 is 0 Å². The van der Waals surface area contributed by atoms with Crippen LogP contribution in [-0.4, -0.2) is 24.9 Å². The molecule has 0 aromatic heterocycles. The number of hydrazone groups is 1. The van der Waals surface area contributed by atoms with Crippen molar-refractivity contribution in [2.75, 3.05) is 19.6 Å². The fraction of sp³-hybridized carbons (Fsp3) is 0.188. The SMILES string of the molecule is COc1ccc(/C(C)=N\Nc2cccc([N+](=O)[O-])c2)cc1OC. The van der Waals surface area contributed by atoms with Crippen LogP contribution in [-0.2, 0) is 0 Å². The molecule has 0 aliphatic carbocycles. The van der Waals surface area contributed by atoms with Crippen LogP contribution in [0.15, 0.2) is 47.6 Å². The minimum atomic E-state index is -0.448. The van der Waals surface area contributed by atoms with E-state index in [1.165, 1.54) is 12.1 Å². The van der Waals surface area contributed by atoms with Gasteiger partial charge in [-0.3, -0.25) is 15.5 Å². The van der Waals surface area contributed by atoms with Gasteiger partial charge in [-0.25, -0.2) is 0 Å².